The van der Waals surface area contributed by atoms with Gasteiger partial charge in [-0.15, -0.1) is 0 Å². The van der Waals surface area contributed by atoms with Gasteiger partial charge in [-0.25, -0.2) is 4.79 Å². The Kier molecular flexibility index (Phi) is 5.96. The second kappa shape index (κ2) is 7.26. The number of rotatable bonds is 7. The third kappa shape index (κ3) is 5.16. The summed E-state index contributed by atoms with van der Waals surface area (Å²) in [4.78, 5) is 21.1. The van der Waals surface area contributed by atoms with E-state index in [1.807, 2.05) is 24.3 Å². The first-order valence-corrected chi connectivity index (χ1v) is 6.70. The van der Waals surface area contributed by atoms with Crippen molar-refractivity contribution in [2.45, 2.75) is 19.3 Å². The maximum Gasteiger partial charge on any atom is 0.372 e. The molecule has 0 fully saturated rings. The average molecular weight is 348 g/mol. The molecule has 1 N–H and O–H groups in total. The molecule has 0 bridgehead atoms. The summed E-state index contributed by atoms with van der Waals surface area (Å²) in [5.41, 5.74) is 1.07. The second-order valence-electron chi connectivity index (χ2n) is 3.48. The average Bonchev–Trinajstić information content (AvgIpc) is 2.31. The molecular weight excluding hydrogens is 335 g/mol. The van der Waals surface area contributed by atoms with E-state index in [-0.39, 0.29) is 6.42 Å². The summed E-state index contributed by atoms with van der Waals surface area (Å²) < 4.78 is 5.89. The molecule has 0 aliphatic rings. The first-order valence-electron chi connectivity index (χ1n) is 5.17. The smallest absolute Gasteiger partial charge is 0.372 e. The third-order valence-corrected chi connectivity index (χ3v) is 2.56. The zero-order chi connectivity index (χ0) is 12.7. The molecule has 0 unspecified atom stereocenters. The van der Waals surface area contributed by atoms with Crippen molar-refractivity contribution in [2.24, 2.45) is 0 Å². The number of carbonyl (C=O) groups excluding carboxylic acids is 1. The fraction of sp³-hybridized carbons (Fsp3) is 0.333. The van der Waals surface area contributed by atoms with Crippen LogP contribution in [0.4, 0.5) is 0 Å². The van der Waals surface area contributed by atoms with Gasteiger partial charge in [-0.05, 0) is 53.1 Å². The second-order valence-corrected chi connectivity index (χ2v) is 4.10. The van der Waals surface area contributed by atoms with E-state index in [2.05, 4.69) is 22.6 Å². The van der Waals surface area contributed by atoms with Crippen LogP contribution in [-0.4, -0.2) is 21.5 Å². The van der Waals surface area contributed by atoms with Gasteiger partial charge in [0.2, 0.25) is 5.78 Å². The molecule has 0 heterocycles. The summed E-state index contributed by atoms with van der Waals surface area (Å²) in [6, 6.07) is 7.58. The largest absolute Gasteiger partial charge is 0.483 e. The number of hydrogen-bond acceptors (Lipinski definition) is 3. The molecule has 0 aliphatic heterocycles. The Hall–Kier alpha value is -1.11. The van der Waals surface area contributed by atoms with Crippen LogP contribution in [0.15, 0.2) is 24.3 Å². The van der Waals surface area contributed by atoms with Gasteiger partial charge in [0.25, 0.3) is 0 Å². The molecule has 0 saturated heterocycles. The zero-order valence-corrected chi connectivity index (χ0v) is 11.3. The molecule has 1 aromatic carbocycles. The highest BCUT2D eigenvalue weighted by Crippen LogP contribution is 2.14. The normalized spacial score (nSPS) is 9.94. The predicted octanol–water partition coefficient (Wildman–Crippen LogP) is 2.43. The summed E-state index contributed by atoms with van der Waals surface area (Å²) in [5.74, 6) is -1.27. The number of hydrogen-bond donors (Lipinski definition) is 1. The summed E-state index contributed by atoms with van der Waals surface area (Å²) in [6.07, 6.45) is 1.34. The molecule has 0 aromatic heterocycles. The molecular formula is C12H13IO4. The van der Waals surface area contributed by atoms with Crippen LogP contribution in [0.1, 0.15) is 18.4 Å². The Balaban J connectivity index is 2.37. The summed E-state index contributed by atoms with van der Waals surface area (Å²) >= 11 is 2.12. The van der Waals surface area contributed by atoms with Gasteiger partial charge in [-0.2, -0.15) is 0 Å². The molecule has 17 heavy (non-hydrogen) atoms. The minimum absolute atomic E-state index is 0.0847. The molecule has 4 nitrogen and oxygen atoms in total. The van der Waals surface area contributed by atoms with E-state index >= 15 is 0 Å². The molecule has 5 heteroatoms. The van der Waals surface area contributed by atoms with E-state index < -0.39 is 11.8 Å². The summed E-state index contributed by atoms with van der Waals surface area (Å²) in [5, 5.41) is 8.41. The van der Waals surface area contributed by atoms with E-state index in [4.69, 9.17) is 9.84 Å². The fourth-order valence-electron chi connectivity index (χ4n) is 1.38. The van der Waals surface area contributed by atoms with Crippen LogP contribution in [0, 0.1) is 0 Å². The molecule has 1 rings (SSSR count). The van der Waals surface area contributed by atoms with Crippen molar-refractivity contribution in [3.63, 3.8) is 0 Å². The molecule has 0 spiro atoms. The topological polar surface area (TPSA) is 63.6 Å². The van der Waals surface area contributed by atoms with Crippen LogP contribution in [0.3, 0.4) is 0 Å². The monoisotopic (exact) mass is 348 g/mol. The standard InChI is InChI=1S/C12H13IO4/c13-8-17-10-6-4-9(5-7-10)2-1-3-11(14)12(15)16/h4-7H,1-3,8H2,(H,15,16). The SMILES string of the molecule is O=C(O)C(=O)CCCc1ccc(OCI)cc1. The Morgan fingerprint density at radius 3 is 2.41 bits per heavy atom. The van der Waals surface area contributed by atoms with E-state index in [1.54, 1.807) is 0 Å². The predicted molar refractivity (Wildman–Crippen MR) is 71.5 cm³/mol. The zero-order valence-electron chi connectivity index (χ0n) is 9.19. The van der Waals surface area contributed by atoms with Gasteiger partial charge in [0.15, 0.2) is 0 Å². The Bertz CT molecular complexity index is 386. The lowest BCUT2D eigenvalue weighted by Crippen LogP contribution is -2.12. The summed E-state index contributed by atoms with van der Waals surface area (Å²) in [7, 11) is 0. The maximum absolute atomic E-state index is 10.9. The van der Waals surface area contributed by atoms with Crippen LogP contribution < -0.4 is 4.74 Å². The van der Waals surface area contributed by atoms with Crippen molar-refractivity contribution in [1.29, 1.82) is 0 Å². The number of carbonyl (C=O) groups is 2. The van der Waals surface area contributed by atoms with E-state index in [0.717, 1.165) is 11.3 Å². The first kappa shape index (κ1) is 14.0. The number of aliphatic carboxylic acids is 1. The molecule has 1 aromatic rings. The molecule has 0 atom stereocenters. The van der Waals surface area contributed by atoms with Crippen molar-refractivity contribution < 1.29 is 19.4 Å². The lowest BCUT2D eigenvalue weighted by atomic mass is 10.1. The maximum atomic E-state index is 10.9. The number of alkyl halides is 1. The number of ether oxygens (including phenoxy) is 1. The lowest BCUT2D eigenvalue weighted by molar-refractivity contribution is -0.149. The van der Waals surface area contributed by atoms with Crippen molar-refractivity contribution >= 4 is 34.3 Å². The van der Waals surface area contributed by atoms with Crippen molar-refractivity contribution in [1.82, 2.24) is 0 Å². The van der Waals surface area contributed by atoms with Crippen LogP contribution in [0.2, 0.25) is 0 Å². The van der Waals surface area contributed by atoms with E-state index in [1.165, 1.54) is 0 Å². The number of Topliss-reactive ketones (excluding diaryl/α,β-unsaturated/α-hetero) is 1. The quantitative estimate of drug-likeness (QED) is 0.467. The number of carboxylic acid groups (broad SMARTS) is 1. The molecule has 92 valence electrons. The van der Waals surface area contributed by atoms with Gasteiger partial charge in [-0.1, -0.05) is 12.1 Å². The molecule has 0 amide bonds. The summed E-state index contributed by atoms with van der Waals surface area (Å²) in [6.45, 7) is 0. The highest BCUT2D eigenvalue weighted by molar-refractivity contribution is 14.1. The van der Waals surface area contributed by atoms with Crippen molar-refractivity contribution in [2.75, 3.05) is 4.61 Å². The van der Waals surface area contributed by atoms with Gasteiger partial charge in [0, 0.05) is 6.42 Å². The van der Waals surface area contributed by atoms with Gasteiger partial charge < -0.3 is 9.84 Å². The van der Waals surface area contributed by atoms with Gasteiger partial charge in [-0.3, -0.25) is 4.79 Å². The number of benzene rings is 1. The molecule has 0 aliphatic carbocycles. The fourth-order valence-corrected chi connectivity index (χ4v) is 1.73. The molecule has 0 radical (unpaired) electrons. The van der Waals surface area contributed by atoms with Crippen LogP contribution in [0.5, 0.6) is 5.75 Å². The van der Waals surface area contributed by atoms with Crippen molar-refractivity contribution in [3.8, 4) is 5.75 Å². The highest BCUT2D eigenvalue weighted by atomic mass is 127. The van der Waals surface area contributed by atoms with Crippen LogP contribution >= 0.6 is 22.6 Å². The van der Waals surface area contributed by atoms with Crippen LogP contribution in [-0.2, 0) is 16.0 Å². The van der Waals surface area contributed by atoms with E-state index in [0.29, 0.717) is 17.5 Å². The van der Waals surface area contributed by atoms with E-state index in [9.17, 15) is 9.59 Å². The van der Waals surface area contributed by atoms with Crippen LogP contribution in [0.25, 0.3) is 0 Å². The van der Waals surface area contributed by atoms with Gasteiger partial charge >= 0.3 is 5.97 Å². The number of ketones is 1. The Labute approximate surface area is 113 Å². The number of carboxylic acids is 1. The molecule has 0 saturated carbocycles. The first-order chi connectivity index (χ1) is 8.13. The Morgan fingerprint density at radius 2 is 1.88 bits per heavy atom. The lowest BCUT2D eigenvalue weighted by Gasteiger charge is -2.03. The van der Waals surface area contributed by atoms with Crippen molar-refractivity contribution in [3.05, 3.63) is 29.8 Å². The number of halogens is 1. The minimum Gasteiger partial charge on any atom is -0.483 e. The number of aryl methyl sites for hydroxylation is 1. The highest BCUT2D eigenvalue weighted by Gasteiger charge is 2.10. The third-order valence-electron chi connectivity index (χ3n) is 2.25. The Morgan fingerprint density at radius 1 is 1.24 bits per heavy atom. The van der Waals surface area contributed by atoms with Gasteiger partial charge in [0.05, 0.1) is 0 Å². The van der Waals surface area contributed by atoms with Gasteiger partial charge in [0.1, 0.15) is 10.4 Å². The minimum atomic E-state index is -1.35.